The van der Waals surface area contributed by atoms with Crippen LogP contribution >= 0.6 is 15.9 Å². The smallest absolute Gasteiger partial charge is 0.306 e. The van der Waals surface area contributed by atoms with Gasteiger partial charge >= 0.3 is 5.97 Å². The van der Waals surface area contributed by atoms with Gasteiger partial charge < -0.3 is 4.74 Å². The number of carbonyl (C=O) groups is 1. The van der Waals surface area contributed by atoms with Gasteiger partial charge in [0.25, 0.3) is 0 Å². The average molecular weight is 267 g/mol. The van der Waals surface area contributed by atoms with Crippen LogP contribution in [0.15, 0.2) is 0 Å². The zero-order valence-corrected chi connectivity index (χ0v) is 11.5. The molecule has 0 radical (unpaired) electrons. The molecule has 0 saturated carbocycles. The quantitative estimate of drug-likeness (QED) is 0.435. The first-order valence-electron chi connectivity index (χ1n) is 4.66. The molecular formula is C9H19BrO2Si. The summed E-state index contributed by atoms with van der Waals surface area (Å²) in [6.45, 7) is 8.96. The van der Waals surface area contributed by atoms with Gasteiger partial charge in [-0.25, -0.2) is 0 Å². The first-order valence-corrected chi connectivity index (χ1v) is 9.36. The van der Waals surface area contributed by atoms with Crippen LogP contribution in [0.3, 0.4) is 0 Å². The summed E-state index contributed by atoms with van der Waals surface area (Å²) in [7, 11) is -1.41. The van der Waals surface area contributed by atoms with Crippen molar-refractivity contribution in [3.63, 3.8) is 0 Å². The van der Waals surface area contributed by atoms with E-state index in [9.17, 15) is 4.79 Å². The molecule has 0 aromatic heterocycles. The lowest BCUT2D eigenvalue weighted by Crippen LogP contribution is -2.35. The molecular weight excluding hydrogens is 248 g/mol. The van der Waals surface area contributed by atoms with Crippen LogP contribution in [0.4, 0.5) is 0 Å². The number of halogens is 1. The minimum absolute atomic E-state index is 0.0129. The van der Waals surface area contributed by atoms with Crippen LogP contribution in [0.2, 0.25) is 25.2 Å². The molecule has 0 bridgehead atoms. The standard InChI is InChI=1S/C9H19BrO2Si/c1-5-12-9(11)8(6-7-10)13(2,3)4/h8H,5-7H2,1-4H3. The second kappa shape index (κ2) is 5.80. The lowest BCUT2D eigenvalue weighted by molar-refractivity contribution is -0.143. The minimum Gasteiger partial charge on any atom is -0.466 e. The first-order chi connectivity index (χ1) is 5.93. The molecule has 0 fully saturated rings. The number of esters is 1. The van der Waals surface area contributed by atoms with Crippen LogP contribution in [0, 0.1) is 0 Å². The van der Waals surface area contributed by atoms with E-state index in [0.29, 0.717) is 6.61 Å². The van der Waals surface area contributed by atoms with Crippen LogP contribution in [0.25, 0.3) is 0 Å². The maximum absolute atomic E-state index is 11.6. The van der Waals surface area contributed by atoms with Crippen molar-refractivity contribution in [3.05, 3.63) is 0 Å². The van der Waals surface area contributed by atoms with Gasteiger partial charge in [0.15, 0.2) is 0 Å². The van der Waals surface area contributed by atoms with Crippen molar-refractivity contribution in [1.82, 2.24) is 0 Å². The maximum Gasteiger partial charge on any atom is 0.306 e. The second-order valence-corrected chi connectivity index (χ2v) is 10.4. The van der Waals surface area contributed by atoms with Crippen molar-refractivity contribution in [3.8, 4) is 0 Å². The lowest BCUT2D eigenvalue weighted by atomic mass is 10.3. The fraction of sp³-hybridized carbons (Fsp3) is 0.889. The van der Waals surface area contributed by atoms with Crippen LogP contribution in [0.5, 0.6) is 0 Å². The Morgan fingerprint density at radius 2 is 2.00 bits per heavy atom. The van der Waals surface area contributed by atoms with Gasteiger partial charge in [0, 0.05) is 5.33 Å². The molecule has 0 aliphatic heterocycles. The van der Waals surface area contributed by atoms with E-state index in [1.54, 1.807) is 0 Å². The number of carbonyl (C=O) groups excluding carboxylic acids is 1. The van der Waals surface area contributed by atoms with E-state index >= 15 is 0 Å². The highest BCUT2D eigenvalue weighted by atomic mass is 79.9. The summed E-state index contributed by atoms with van der Waals surface area (Å²) in [6, 6.07) is 0. The molecule has 1 unspecified atom stereocenters. The highest BCUT2D eigenvalue weighted by molar-refractivity contribution is 9.09. The van der Waals surface area contributed by atoms with E-state index in [1.165, 1.54) is 0 Å². The zero-order valence-electron chi connectivity index (χ0n) is 8.89. The summed E-state index contributed by atoms with van der Waals surface area (Å²) in [5, 5.41) is 0.876. The third-order valence-electron chi connectivity index (χ3n) is 2.01. The van der Waals surface area contributed by atoms with Crippen molar-refractivity contribution in [1.29, 1.82) is 0 Å². The van der Waals surface area contributed by atoms with E-state index in [1.807, 2.05) is 6.92 Å². The van der Waals surface area contributed by atoms with Gasteiger partial charge in [-0.15, -0.1) is 0 Å². The Labute approximate surface area is 90.2 Å². The van der Waals surface area contributed by atoms with Gasteiger partial charge in [-0.1, -0.05) is 35.6 Å². The maximum atomic E-state index is 11.6. The highest BCUT2D eigenvalue weighted by Crippen LogP contribution is 2.27. The summed E-state index contributed by atoms with van der Waals surface area (Å²) in [5.41, 5.74) is 0.131. The monoisotopic (exact) mass is 266 g/mol. The van der Waals surface area contributed by atoms with Crippen molar-refractivity contribution in [2.75, 3.05) is 11.9 Å². The average Bonchev–Trinajstić information content (AvgIpc) is 1.98. The minimum atomic E-state index is -1.41. The molecule has 0 aliphatic carbocycles. The molecule has 0 aromatic rings. The van der Waals surface area contributed by atoms with Crippen molar-refractivity contribution in [2.45, 2.75) is 38.5 Å². The van der Waals surface area contributed by atoms with Crippen LogP contribution in [0.1, 0.15) is 13.3 Å². The third kappa shape index (κ3) is 4.81. The Hall–Kier alpha value is 0.167. The molecule has 0 rings (SSSR count). The Morgan fingerprint density at radius 3 is 2.31 bits per heavy atom. The molecule has 13 heavy (non-hydrogen) atoms. The largest absolute Gasteiger partial charge is 0.466 e. The molecule has 78 valence electrons. The summed E-state index contributed by atoms with van der Waals surface area (Å²) in [6.07, 6.45) is 0.897. The number of rotatable bonds is 5. The molecule has 0 saturated heterocycles. The van der Waals surface area contributed by atoms with E-state index in [0.717, 1.165) is 11.8 Å². The predicted molar refractivity (Wildman–Crippen MR) is 62.1 cm³/mol. The topological polar surface area (TPSA) is 26.3 Å². The van der Waals surface area contributed by atoms with Crippen LogP contribution in [-0.4, -0.2) is 26.0 Å². The number of alkyl halides is 1. The second-order valence-electron chi connectivity index (χ2n) is 4.15. The Kier molecular flexibility index (Phi) is 5.88. The molecule has 2 nitrogen and oxygen atoms in total. The molecule has 0 aromatic carbocycles. The van der Waals surface area contributed by atoms with Crippen LogP contribution in [-0.2, 0) is 9.53 Å². The van der Waals surface area contributed by atoms with Crippen molar-refractivity contribution in [2.24, 2.45) is 0 Å². The van der Waals surface area contributed by atoms with Gasteiger partial charge in [-0.05, 0) is 13.3 Å². The molecule has 0 spiro atoms. The molecule has 0 aliphatic rings. The van der Waals surface area contributed by atoms with E-state index in [-0.39, 0.29) is 11.5 Å². The van der Waals surface area contributed by atoms with Crippen molar-refractivity contribution < 1.29 is 9.53 Å². The van der Waals surface area contributed by atoms with Gasteiger partial charge in [-0.2, -0.15) is 0 Å². The van der Waals surface area contributed by atoms with Gasteiger partial charge in [-0.3, -0.25) is 4.79 Å². The lowest BCUT2D eigenvalue weighted by Gasteiger charge is -2.26. The molecule has 4 heteroatoms. The molecule has 0 amide bonds. The normalized spacial score (nSPS) is 13.9. The Morgan fingerprint density at radius 1 is 1.46 bits per heavy atom. The van der Waals surface area contributed by atoms with E-state index in [2.05, 4.69) is 35.6 Å². The highest BCUT2D eigenvalue weighted by Gasteiger charge is 2.33. The summed E-state index contributed by atoms with van der Waals surface area (Å²) in [4.78, 5) is 11.6. The summed E-state index contributed by atoms with van der Waals surface area (Å²) < 4.78 is 5.06. The predicted octanol–water partition coefficient (Wildman–Crippen LogP) is 3.04. The first kappa shape index (κ1) is 13.2. The van der Waals surface area contributed by atoms with Gasteiger partial charge in [0.05, 0.1) is 20.2 Å². The third-order valence-corrected chi connectivity index (χ3v) is 5.09. The van der Waals surface area contributed by atoms with Crippen LogP contribution < -0.4 is 0 Å². The fourth-order valence-corrected chi connectivity index (χ4v) is 3.94. The number of ether oxygens (including phenoxy) is 1. The Balaban J connectivity index is 4.33. The summed E-state index contributed by atoms with van der Waals surface area (Å²) in [5.74, 6) is -0.0129. The van der Waals surface area contributed by atoms with Gasteiger partial charge in [0.2, 0.25) is 0 Å². The van der Waals surface area contributed by atoms with E-state index in [4.69, 9.17) is 4.74 Å². The van der Waals surface area contributed by atoms with E-state index < -0.39 is 8.07 Å². The summed E-state index contributed by atoms with van der Waals surface area (Å²) >= 11 is 3.38. The Bertz CT molecular complexity index is 165. The molecule has 0 heterocycles. The molecule has 0 N–H and O–H groups in total. The molecule has 1 atom stereocenters. The van der Waals surface area contributed by atoms with Gasteiger partial charge in [0.1, 0.15) is 0 Å². The SMILES string of the molecule is CCOC(=O)C(CCBr)[Si](C)(C)C. The number of hydrogen-bond donors (Lipinski definition) is 0. The number of hydrogen-bond acceptors (Lipinski definition) is 2. The fourth-order valence-electron chi connectivity index (χ4n) is 1.26. The zero-order chi connectivity index (χ0) is 10.5. The van der Waals surface area contributed by atoms with Crippen molar-refractivity contribution >= 4 is 30.0 Å².